The molecule has 28 heavy (non-hydrogen) atoms. The second-order valence-corrected chi connectivity index (χ2v) is 8.45. The van der Waals surface area contributed by atoms with Crippen LogP contribution in [0.15, 0.2) is 48.7 Å². The summed E-state index contributed by atoms with van der Waals surface area (Å²) < 4.78 is 0.979. The number of carbonyl (C=O) groups excluding carboxylic acids is 2. The van der Waals surface area contributed by atoms with Crippen LogP contribution >= 0.6 is 22.6 Å². The number of nitrogens with zero attached hydrogens (tertiary/aromatic N) is 1. The van der Waals surface area contributed by atoms with Crippen molar-refractivity contribution < 1.29 is 9.59 Å². The lowest BCUT2D eigenvalue weighted by Gasteiger charge is -2.26. The summed E-state index contributed by atoms with van der Waals surface area (Å²) in [6.07, 6.45) is 5.60. The van der Waals surface area contributed by atoms with Crippen molar-refractivity contribution in [2.45, 2.75) is 25.8 Å². The highest BCUT2D eigenvalue weighted by Gasteiger charge is 2.27. The molecule has 2 aliphatic heterocycles. The summed E-state index contributed by atoms with van der Waals surface area (Å²) in [4.78, 5) is 26.9. The number of anilines is 1. The molecule has 1 fully saturated rings. The van der Waals surface area contributed by atoms with Crippen LogP contribution in [0.5, 0.6) is 0 Å². The highest BCUT2D eigenvalue weighted by atomic mass is 127. The molecule has 144 valence electrons. The molecule has 6 heteroatoms. The van der Waals surface area contributed by atoms with Gasteiger partial charge in [0, 0.05) is 33.1 Å². The Bertz CT molecular complexity index is 931. The van der Waals surface area contributed by atoms with Gasteiger partial charge in [0.05, 0.1) is 5.57 Å². The molecule has 0 bridgehead atoms. The van der Waals surface area contributed by atoms with Gasteiger partial charge in [-0.15, -0.1) is 0 Å². The van der Waals surface area contributed by atoms with Crippen LogP contribution < -0.4 is 10.6 Å². The van der Waals surface area contributed by atoms with Crippen LogP contribution in [0.2, 0.25) is 0 Å². The first-order chi connectivity index (χ1) is 13.6. The molecule has 5 nitrogen and oxygen atoms in total. The Kier molecular flexibility index (Phi) is 5.77. The van der Waals surface area contributed by atoms with E-state index in [2.05, 4.69) is 50.3 Å². The van der Waals surface area contributed by atoms with E-state index in [4.69, 9.17) is 0 Å². The van der Waals surface area contributed by atoms with Gasteiger partial charge >= 0.3 is 0 Å². The minimum absolute atomic E-state index is 0.351. The zero-order chi connectivity index (χ0) is 19.5. The molecule has 0 unspecified atom stereocenters. The Morgan fingerprint density at radius 1 is 0.964 bits per heavy atom. The number of rotatable bonds is 4. The maximum atomic E-state index is 12.3. The predicted molar refractivity (Wildman–Crippen MR) is 119 cm³/mol. The fraction of sp³-hybridized carbons (Fsp3) is 0.273. The summed E-state index contributed by atoms with van der Waals surface area (Å²) in [7, 11) is 0. The Balaban J connectivity index is 1.49. The molecule has 2 aliphatic rings. The number of benzene rings is 2. The van der Waals surface area contributed by atoms with Crippen molar-refractivity contribution in [3.05, 3.63) is 68.9 Å². The maximum Gasteiger partial charge on any atom is 0.260 e. The van der Waals surface area contributed by atoms with E-state index in [1.807, 2.05) is 24.3 Å². The van der Waals surface area contributed by atoms with E-state index < -0.39 is 0 Å². The quantitative estimate of drug-likeness (QED) is 0.389. The number of halogens is 1. The third-order valence-corrected chi connectivity index (χ3v) is 5.85. The largest absolute Gasteiger partial charge is 0.361 e. The summed E-state index contributed by atoms with van der Waals surface area (Å²) >= 11 is 2.18. The molecule has 0 aliphatic carbocycles. The third kappa shape index (κ3) is 4.28. The van der Waals surface area contributed by atoms with Crippen molar-refractivity contribution in [2.75, 3.05) is 18.4 Å². The third-order valence-electron chi connectivity index (χ3n) is 5.18. The molecule has 0 spiro atoms. The highest BCUT2D eigenvalue weighted by molar-refractivity contribution is 14.1. The van der Waals surface area contributed by atoms with Gasteiger partial charge in [-0.1, -0.05) is 18.6 Å². The fourth-order valence-corrected chi connectivity index (χ4v) is 4.17. The molecular weight excluding hydrogens is 465 g/mol. The molecule has 2 heterocycles. The second-order valence-electron chi connectivity index (χ2n) is 7.21. The van der Waals surface area contributed by atoms with Gasteiger partial charge in [0.2, 0.25) is 0 Å². The van der Waals surface area contributed by atoms with Gasteiger partial charge < -0.3 is 5.32 Å². The molecule has 0 atom stereocenters. The van der Waals surface area contributed by atoms with Crippen LogP contribution in [0.4, 0.5) is 5.69 Å². The van der Waals surface area contributed by atoms with Crippen molar-refractivity contribution in [1.29, 1.82) is 0 Å². The summed E-state index contributed by atoms with van der Waals surface area (Å²) in [6, 6.07) is 13.8. The molecule has 1 saturated heterocycles. The SMILES string of the molecule is O=C1NC(=O)c2ccc(I)cc2/C1=C/Nc1ccc(CN2CCCCC2)cc1. The highest BCUT2D eigenvalue weighted by Crippen LogP contribution is 2.26. The predicted octanol–water partition coefficient (Wildman–Crippen LogP) is 4.00. The molecule has 2 N–H and O–H groups in total. The van der Waals surface area contributed by atoms with E-state index >= 15 is 0 Å². The number of likely N-dealkylation sites (tertiary alicyclic amines) is 1. The standard InChI is InChI=1S/C22H22IN3O2/c23-16-6-9-18-19(12-16)20(22(28)25-21(18)27)13-24-17-7-4-15(5-8-17)14-26-10-2-1-3-11-26/h4-9,12-13,24H,1-3,10-11,14H2,(H,25,27,28)/b20-13-. The van der Waals surface area contributed by atoms with Crippen LogP contribution in [0.3, 0.4) is 0 Å². The number of hydrogen-bond donors (Lipinski definition) is 2. The Labute approximate surface area is 178 Å². The van der Waals surface area contributed by atoms with Crippen LogP contribution in [0.1, 0.15) is 40.7 Å². The van der Waals surface area contributed by atoms with Gasteiger partial charge in [0.15, 0.2) is 0 Å². The number of amides is 2. The first kappa shape index (κ1) is 19.1. The van der Waals surface area contributed by atoms with Crippen LogP contribution in [-0.4, -0.2) is 29.8 Å². The average molecular weight is 487 g/mol. The average Bonchev–Trinajstić information content (AvgIpc) is 2.69. The van der Waals surface area contributed by atoms with Crippen molar-refractivity contribution in [1.82, 2.24) is 10.2 Å². The van der Waals surface area contributed by atoms with Crippen molar-refractivity contribution in [2.24, 2.45) is 0 Å². The van der Waals surface area contributed by atoms with E-state index in [0.717, 1.165) is 15.8 Å². The zero-order valence-electron chi connectivity index (χ0n) is 15.5. The van der Waals surface area contributed by atoms with Crippen LogP contribution in [-0.2, 0) is 11.3 Å². The van der Waals surface area contributed by atoms with Gasteiger partial charge in [0.1, 0.15) is 0 Å². The van der Waals surface area contributed by atoms with Gasteiger partial charge in [0.25, 0.3) is 11.8 Å². The Morgan fingerprint density at radius 3 is 2.46 bits per heavy atom. The molecule has 0 aromatic heterocycles. The van der Waals surface area contributed by atoms with E-state index in [1.165, 1.54) is 37.9 Å². The van der Waals surface area contributed by atoms with Gasteiger partial charge in [-0.2, -0.15) is 0 Å². The van der Waals surface area contributed by atoms with Crippen molar-refractivity contribution in [3.63, 3.8) is 0 Å². The lowest BCUT2D eigenvalue weighted by Crippen LogP contribution is -2.36. The molecule has 0 saturated carbocycles. The summed E-state index contributed by atoms with van der Waals surface area (Å²) in [5.41, 5.74) is 3.85. The normalized spacial score (nSPS) is 18.7. The van der Waals surface area contributed by atoms with Gasteiger partial charge in [-0.25, -0.2) is 0 Å². The molecule has 2 aromatic rings. The first-order valence-corrected chi connectivity index (χ1v) is 10.6. The lowest BCUT2D eigenvalue weighted by atomic mass is 9.95. The second kappa shape index (κ2) is 8.45. The smallest absolute Gasteiger partial charge is 0.260 e. The number of nitrogens with one attached hydrogen (secondary N) is 2. The monoisotopic (exact) mass is 487 g/mol. The van der Waals surface area contributed by atoms with Crippen LogP contribution in [0, 0.1) is 3.57 Å². The number of carbonyl (C=O) groups is 2. The van der Waals surface area contributed by atoms with E-state index in [0.29, 0.717) is 16.7 Å². The van der Waals surface area contributed by atoms with E-state index in [1.54, 1.807) is 12.3 Å². The van der Waals surface area contributed by atoms with Crippen LogP contribution in [0.25, 0.3) is 5.57 Å². The summed E-state index contributed by atoms with van der Waals surface area (Å²) in [6.45, 7) is 3.34. The zero-order valence-corrected chi connectivity index (χ0v) is 17.7. The Hall–Kier alpha value is -2.19. The molecule has 2 amide bonds. The van der Waals surface area contributed by atoms with E-state index in [9.17, 15) is 9.59 Å². The summed E-state index contributed by atoms with van der Waals surface area (Å²) in [5, 5.41) is 5.60. The number of imide groups is 1. The summed E-state index contributed by atoms with van der Waals surface area (Å²) in [5.74, 6) is -0.732. The topological polar surface area (TPSA) is 61.4 Å². The lowest BCUT2D eigenvalue weighted by molar-refractivity contribution is -0.114. The van der Waals surface area contributed by atoms with E-state index in [-0.39, 0.29) is 11.8 Å². The number of piperidine rings is 1. The van der Waals surface area contributed by atoms with Crippen molar-refractivity contribution >= 4 is 45.7 Å². The fourth-order valence-electron chi connectivity index (χ4n) is 3.68. The minimum Gasteiger partial charge on any atom is -0.361 e. The van der Waals surface area contributed by atoms with Gasteiger partial charge in [-0.3, -0.25) is 19.8 Å². The number of hydrogen-bond acceptors (Lipinski definition) is 4. The molecule has 0 radical (unpaired) electrons. The molecular formula is C22H22IN3O2. The number of fused-ring (bicyclic) bond motifs is 1. The van der Waals surface area contributed by atoms with Crippen molar-refractivity contribution in [3.8, 4) is 0 Å². The van der Waals surface area contributed by atoms with Gasteiger partial charge in [-0.05, 0) is 84.4 Å². The molecule has 2 aromatic carbocycles. The Morgan fingerprint density at radius 2 is 1.71 bits per heavy atom. The minimum atomic E-state index is -0.381. The first-order valence-electron chi connectivity index (χ1n) is 9.54. The molecule has 4 rings (SSSR count). The maximum absolute atomic E-state index is 12.3.